The van der Waals surface area contributed by atoms with Crippen LogP contribution in [0.5, 0.6) is 0 Å². The van der Waals surface area contributed by atoms with E-state index in [9.17, 15) is 14.3 Å². The summed E-state index contributed by atoms with van der Waals surface area (Å²) < 4.78 is 13.9. The molecule has 1 fully saturated rings. The third-order valence-electron chi connectivity index (χ3n) is 4.28. The predicted octanol–water partition coefficient (Wildman–Crippen LogP) is 3.95. The maximum atomic E-state index is 13.9. The molecule has 3 nitrogen and oxygen atoms in total. The molecule has 2 rings (SSSR count). The van der Waals surface area contributed by atoms with Crippen LogP contribution in [0, 0.1) is 11.2 Å². The largest absolute Gasteiger partial charge is 0.481 e. The molecule has 0 aromatic heterocycles. The Balaban J connectivity index is 2.16. The summed E-state index contributed by atoms with van der Waals surface area (Å²) in [5.41, 5.74) is -0.248. The molecule has 0 amide bonds. The Morgan fingerprint density at radius 3 is 2.90 bits per heavy atom. The highest BCUT2D eigenvalue weighted by Crippen LogP contribution is 2.36. The van der Waals surface area contributed by atoms with E-state index in [1.807, 2.05) is 11.8 Å². The lowest BCUT2D eigenvalue weighted by atomic mass is 9.76. The van der Waals surface area contributed by atoms with E-state index in [4.69, 9.17) is 11.6 Å². The number of likely N-dealkylation sites (tertiary alicyclic amines) is 1. The number of carboxylic acid groups (broad SMARTS) is 1. The molecule has 0 spiro atoms. The first-order valence-corrected chi connectivity index (χ1v) is 7.75. The second-order valence-corrected chi connectivity index (χ2v) is 6.26. The van der Waals surface area contributed by atoms with Gasteiger partial charge in [-0.1, -0.05) is 31.0 Å². The molecule has 1 aliphatic heterocycles. The van der Waals surface area contributed by atoms with Crippen molar-refractivity contribution in [3.8, 4) is 0 Å². The Kier molecular flexibility index (Phi) is 5.22. The fourth-order valence-corrected chi connectivity index (χ4v) is 3.46. The summed E-state index contributed by atoms with van der Waals surface area (Å²) in [5.74, 6) is -1.07. The van der Waals surface area contributed by atoms with Crippen molar-refractivity contribution in [3.63, 3.8) is 0 Å². The van der Waals surface area contributed by atoms with Gasteiger partial charge in [0.15, 0.2) is 0 Å². The van der Waals surface area contributed by atoms with Gasteiger partial charge in [-0.05, 0) is 37.9 Å². The van der Waals surface area contributed by atoms with Crippen LogP contribution in [-0.4, -0.2) is 29.1 Å². The van der Waals surface area contributed by atoms with Gasteiger partial charge in [-0.25, -0.2) is 4.39 Å². The van der Waals surface area contributed by atoms with Crippen molar-refractivity contribution in [2.75, 3.05) is 13.1 Å². The van der Waals surface area contributed by atoms with Crippen LogP contribution < -0.4 is 0 Å². The van der Waals surface area contributed by atoms with Crippen LogP contribution in [0.25, 0.3) is 0 Å². The molecule has 1 heterocycles. The number of benzene rings is 1. The molecule has 1 atom stereocenters. The molecule has 0 radical (unpaired) electrons. The lowest BCUT2D eigenvalue weighted by molar-refractivity contribution is -0.153. The number of nitrogens with zero attached hydrogens (tertiary/aromatic N) is 1. The van der Waals surface area contributed by atoms with Crippen LogP contribution in [0.2, 0.25) is 5.02 Å². The van der Waals surface area contributed by atoms with Gasteiger partial charge in [0.05, 0.1) is 5.41 Å². The van der Waals surface area contributed by atoms with Crippen LogP contribution in [0.4, 0.5) is 4.39 Å². The van der Waals surface area contributed by atoms with Gasteiger partial charge in [-0.15, -0.1) is 0 Å². The second-order valence-electron chi connectivity index (χ2n) is 5.85. The van der Waals surface area contributed by atoms with E-state index >= 15 is 0 Å². The third-order valence-corrected chi connectivity index (χ3v) is 4.64. The molecule has 0 saturated carbocycles. The van der Waals surface area contributed by atoms with Crippen LogP contribution >= 0.6 is 11.6 Å². The zero-order chi connectivity index (χ0) is 15.5. The van der Waals surface area contributed by atoms with Crippen LogP contribution in [0.3, 0.4) is 0 Å². The number of halogens is 2. The minimum absolute atomic E-state index is 0.329. The lowest BCUT2D eigenvalue weighted by Crippen LogP contribution is -2.47. The standard InChI is InChI=1S/C16H21ClFNO2/c1-2-7-16(15(20)21)8-4-9-19(11-16)10-12-13(17)5-3-6-14(12)18/h3,5-6H,2,4,7-11H2,1H3,(H,20,21). The van der Waals surface area contributed by atoms with Gasteiger partial charge in [-0.2, -0.15) is 0 Å². The first kappa shape index (κ1) is 16.2. The number of carbonyl (C=O) groups is 1. The van der Waals surface area contributed by atoms with E-state index in [1.54, 1.807) is 12.1 Å². The molecule has 116 valence electrons. The maximum absolute atomic E-state index is 13.9. The van der Waals surface area contributed by atoms with Crippen molar-refractivity contribution in [3.05, 3.63) is 34.6 Å². The van der Waals surface area contributed by atoms with E-state index in [-0.39, 0.29) is 5.82 Å². The molecular formula is C16H21ClFNO2. The number of aliphatic carboxylic acids is 1. The molecule has 1 saturated heterocycles. The molecule has 1 aliphatic rings. The smallest absolute Gasteiger partial charge is 0.310 e. The van der Waals surface area contributed by atoms with E-state index < -0.39 is 11.4 Å². The van der Waals surface area contributed by atoms with Gasteiger partial charge in [0.1, 0.15) is 5.82 Å². The Hall–Kier alpha value is -1.13. The Morgan fingerprint density at radius 1 is 1.52 bits per heavy atom. The summed E-state index contributed by atoms with van der Waals surface area (Å²) in [5, 5.41) is 9.99. The average Bonchev–Trinajstić information content (AvgIpc) is 2.44. The molecule has 1 unspecified atom stereocenters. The first-order valence-electron chi connectivity index (χ1n) is 7.37. The monoisotopic (exact) mass is 313 g/mol. The zero-order valence-electron chi connectivity index (χ0n) is 12.2. The topological polar surface area (TPSA) is 40.5 Å². The van der Waals surface area contributed by atoms with Crippen LogP contribution in [0.1, 0.15) is 38.2 Å². The van der Waals surface area contributed by atoms with E-state index in [1.165, 1.54) is 6.07 Å². The lowest BCUT2D eigenvalue weighted by Gasteiger charge is -2.40. The highest BCUT2D eigenvalue weighted by molar-refractivity contribution is 6.31. The molecule has 1 aromatic carbocycles. The molecule has 5 heteroatoms. The minimum Gasteiger partial charge on any atom is -0.481 e. The highest BCUT2D eigenvalue weighted by atomic mass is 35.5. The van der Waals surface area contributed by atoms with Crippen molar-refractivity contribution in [1.29, 1.82) is 0 Å². The quantitative estimate of drug-likeness (QED) is 0.895. The predicted molar refractivity (Wildman–Crippen MR) is 80.9 cm³/mol. The van der Waals surface area contributed by atoms with Crippen molar-refractivity contribution in [1.82, 2.24) is 4.90 Å². The zero-order valence-corrected chi connectivity index (χ0v) is 13.0. The highest BCUT2D eigenvalue weighted by Gasteiger charge is 2.41. The van der Waals surface area contributed by atoms with Crippen molar-refractivity contribution in [2.45, 2.75) is 39.2 Å². The third kappa shape index (κ3) is 3.55. The van der Waals surface area contributed by atoms with E-state index in [0.29, 0.717) is 36.5 Å². The normalized spacial score (nSPS) is 23.2. The van der Waals surface area contributed by atoms with Crippen molar-refractivity contribution in [2.24, 2.45) is 5.41 Å². The number of rotatable bonds is 5. The van der Waals surface area contributed by atoms with Crippen molar-refractivity contribution >= 4 is 17.6 Å². The summed E-state index contributed by atoms with van der Waals surface area (Å²) in [6, 6.07) is 4.64. The Bertz CT molecular complexity index is 499. The second kappa shape index (κ2) is 6.75. The van der Waals surface area contributed by atoms with Gasteiger partial charge in [0.2, 0.25) is 0 Å². The number of hydrogen-bond donors (Lipinski definition) is 1. The van der Waals surface area contributed by atoms with Crippen molar-refractivity contribution < 1.29 is 14.3 Å². The molecular weight excluding hydrogens is 293 g/mol. The number of carboxylic acids is 1. The molecule has 1 aromatic rings. The fraction of sp³-hybridized carbons (Fsp3) is 0.562. The summed E-state index contributed by atoms with van der Waals surface area (Å²) in [7, 11) is 0. The van der Waals surface area contributed by atoms with Crippen LogP contribution in [0.15, 0.2) is 18.2 Å². The first-order chi connectivity index (χ1) is 9.98. The van der Waals surface area contributed by atoms with Gasteiger partial charge < -0.3 is 5.11 Å². The number of piperidine rings is 1. The Morgan fingerprint density at radius 2 is 2.29 bits per heavy atom. The summed E-state index contributed by atoms with van der Waals surface area (Å²) >= 11 is 6.06. The van der Waals surface area contributed by atoms with Gasteiger partial charge in [0.25, 0.3) is 0 Å². The van der Waals surface area contributed by atoms with Gasteiger partial charge >= 0.3 is 5.97 Å². The summed E-state index contributed by atoms with van der Waals surface area (Å²) in [4.78, 5) is 13.7. The maximum Gasteiger partial charge on any atom is 0.310 e. The number of hydrogen-bond acceptors (Lipinski definition) is 2. The molecule has 0 bridgehead atoms. The Labute approximate surface area is 129 Å². The minimum atomic E-state index is -0.742. The fourth-order valence-electron chi connectivity index (χ4n) is 3.23. The molecule has 0 aliphatic carbocycles. The molecule has 1 N–H and O–H groups in total. The summed E-state index contributed by atoms with van der Waals surface area (Å²) in [6.45, 7) is 3.60. The van der Waals surface area contributed by atoms with Gasteiger partial charge in [-0.3, -0.25) is 9.69 Å². The van der Waals surface area contributed by atoms with Crippen LogP contribution in [-0.2, 0) is 11.3 Å². The van der Waals surface area contributed by atoms with E-state index in [2.05, 4.69) is 0 Å². The molecule has 21 heavy (non-hydrogen) atoms. The SMILES string of the molecule is CCCC1(C(=O)O)CCCN(Cc2c(F)cccc2Cl)C1. The van der Waals surface area contributed by atoms with E-state index in [0.717, 1.165) is 19.4 Å². The van der Waals surface area contributed by atoms with Gasteiger partial charge in [0, 0.05) is 23.7 Å². The summed E-state index contributed by atoms with van der Waals surface area (Å²) in [6.07, 6.45) is 3.00. The average molecular weight is 314 g/mol.